The van der Waals surface area contributed by atoms with E-state index in [-0.39, 0.29) is 0 Å². The van der Waals surface area contributed by atoms with E-state index in [1.165, 1.54) is 0 Å². The van der Waals surface area contributed by atoms with E-state index in [4.69, 9.17) is 14.2 Å². The average Bonchev–Trinajstić information content (AvgIpc) is 2.87. The molecule has 5 nitrogen and oxygen atoms in total. The molecular weight excluding hydrogens is 414 g/mol. The van der Waals surface area contributed by atoms with Gasteiger partial charge >= 0.3 is 5.97 Å². The van der Waals surface area contributed by atoms with Crippen molar-refractivity contribution in [1.29, 1.82) is 0 Å². The molecule has 166 valence electrons. The molecule has 0 radical (unpaired) electrons. The lowest BCUT2D eigenvalue weighted by Gasteiger charge is -2.27. The number of esters is 1. The largest absolute Gasteiger partial charge is 0.456 e. The minimum Gasteiger partial charge on any atom is -0.456 e. The van der Waals surface area contributed by atoms with E-state index < -0.39 is 5.97 Å². The van der Waals surface area contributed by atoms with Crippen molar-refractivity contribution < 1.29 is 19.0 Å². The summed E-state index contributed by atoms with van der Waals surface area (Å²) in [5.74, 6) is 1.25. The number of hydrogen-bond donors (Lipinski definition) is 0. The second kappa shape index (κ2) is 9.86. The van der Waals surface area contributed by atoms with E-state index in [0.29, 0.717) is 42.6 Å². The fourth-order valence-corrected chi connectivity index (χ4v) is 4.05. The van der Waals surface area contributed by atoms with Gasteiger partial charge in [-0.2, -0.15) is 0 Å². The van der Waals surface area contributed by atoms with Crippen molar-refractivity contribution in [2.75, 3.05) is 26.3 Å². The zero-order chi connectivity index (χ0) is 22.5. The Morgan fingerprint density at radius 2 is 1.52 bits per heavy atom. The van der Waals surface area contributed by atoms with Crippen LogP contribution in [0, 0.1) is 0 Å². The Morgan fingerprint density at radius 3 is 2.36 bits per heavy atom. The van der Waals surface area contributed by atoms with Gasteiger partial charge in [0.2, 0.25) is 0 Å². The lowest BCUT2D eigenvalue weighted by Crippen LogP contribution is -2.35. The Kier molecular flexibility index (Phi) is 6.33. The summed E-state index contributed by atoms with van der Waals surface area (Å²) in [6, 6.07) is 28.6. The van der Waals surface area contributed by atoms with E-state index in [1.54, 1.807) is 12.1 Å². The van der Waals surface area contributed by atoms with Gasteiger partial charge < -0.3 is 14.2 Å². The Hall–Kier alpha value is -3.67. The molecule has 0 bridgehead atoms. The number of nitrogens with zero attached hydrogens (tertiary/aromatic N) is 1. The Bertz CT molecular complexity index is 1250. The van der Waals surface area contributed by atoms with Gasteiger partial charge in [0.1, 0.15) is 22.8 Å². The van der Waals surface area contributed by atoms with E-state index >= 15 is 0 Å². The number of morpholine rings is 1. The predicted octanol–water partition coefficient (Wildman–Crippen LogP) is 5.68. The molecule has 0 amide bonds. The zero-order valence-electron chi connectivity index (χ0n) is 18.3. The van der Waals surface area contributed by atoms with Crippen LogP contribution in [-0.2, 0) is 11.3 Å². The first kappa shape index (κ1) is 21.2. The molecule has 5 rings (SSSR count). The third-order valence-corrected chi connectivity index (χ3v) is 5.76. The lowest BCUT2D eigenvalue weighted by molar-refractivity contribution is 0.0339. The van der Waals surface area contributed by atoms with Gasteiger partial charge in [-0.3, -0.25) is 4.90 Å². The van der Waals surface area contributed by atoms with Crippen LogP contribution < -0.4 is 9.47 Å². The third kappa shape index (κ3) is 4.90. The predicted molar refractivity (Wildman–Crippen MR) is 128 cm³/mol. The molecule has 33 heavy (non-hydrogen) atoms. The van der Waals surface area contributed by atoms with Crippen molar-refractivity contribution in [1.82, 2.24) is 4.90 Å². The van der Waals surface area contributed by atoms with Crippen LogP contribution in [0.25, 0.3) is 10.8 Å². The standard InChI is InChI=1S/C28H25NO4/c30-28(24-12-6-7-13-26(24)32-22-9-2-1-3-10-22)33-27-15-14-21-8-4-5-11-23(21)25(27)20-29-16-18-31-19-17-29/h1-15H,16-20H2. The number of carbonyl (C=O) groups excluding carboxylic acids is 1. The monoisotopic (exact) mass is 439 g/mol. The molecule has 1 aliphatic rings. The fourth-order valence-electron chi connectivity index (χ4n) is 4.05. The second-order valence-electron chi connectivity index (χ2n) is 7.95. The van der Waals surface area contributed by atoms with Crippen LogP contribution in [-0.4, -0.2) is 37.2 Å². The highest BCUT2D eigenvalue weighted by Gasteiger charge is 2.20. The van der Waals surface area contributed by atoms with Gasteiger partial charge in [0, 0.05) is 25.2 Å². The first-order chi connectivity index (χ1) is 16.3. The number of fused-ring (bicyclic) bond motifs is 1. The Labute approximate surface area is 193 Å². The van der Waals surface area contributed by atoms with E-state index in [1.807, 2.05) is 66.7 Å². The summed E-state index contributed by atoms with van der Waals surface area (Å²) in [7, 11) is 0. The highest BCUT2D eigenvalue weighted by molar-refractivity contribution is 5.95. The van der Waals surface area contributed by atoms with Gasteiger partial charge in [-0.05, 0) is 41.1 Å². The van der Waals surface area contributed by atoms with Crippen molar-refractivity contribution in [3.8, 4) is 17.2 Å². The van der Waals surface area contributed by atoms with Gasteiger partial charge in [-0.15, -0.1) is 0 Å². The van der Waals surface area contributed by atoms with E-state index in [9.17, 15) is 4.79 Å². The highest BCUT2D eigenvalue weighted by atomic mass is 16.5. The molecule has 5 heteroatoms. The first-order valence-electron chi connectivity index (χ1n) is 11.1. The van der Waals surface area contributed by atoms with Gasteiger partial charge in [0.05, 0.1) is 13.2 Å². The van der Waals surface area contributed by atoms with Crippen molar-refractivity contribution in [3.05, 3.63) is 102 Å². The average molecular weight is 440 g/mol. The SMILES string of the molecule is O=C(Oc1ccc2ccccc2c1CN1CCOCC1)c1ccccc1Oc1ccccc1. The lowest BCUT2D eigenvalue weighted by atomic mass is 10.0. The van der Waals surface area contributed by atoms with Crippen LogP contribution in [0.3, 0.4) is 0 Å². The van der Waals surface area contributed by atoms with Crippen LogP contribution in [0.5, 0.6) is 17.2 Å². The summed E-state index contributed by atoms with van der Waals surface area (Å²) in [5, 5.41) is 2.21. The molecule has 1 aliphatic heterocycles. The van der Waals surface area contributed by atoms with Gasteiger partial charge in [0.15, 0.2) is 0 Å². The molecule has 4 aromatic rings. The quantitative estimate of drug-likeness (QED) is 0.286. The highest BCUT2D eigenvalue weighted by Crippen LogP contribution is 2.32. The summed E-state index contributed by atoms with van der Waals surface area (Å²) in [5.41, 5.74) is 1.39. The minimum atomic E-state index is -0.444. The molecule has 4 aromatic carbocycles. The number of para-hydroxylation sites is 2. The van der Waals surface area contributed by atoms with E-state index in [0.717, 1.165) is 29.4 Å². The smallest absolute Gasteiger partial charge is 0.347 e. The maximum absolute atomic E-state index is 13.3. The number of rotatable bonds is 6. The number of benzene rings is 4. The molecule has 0 aromatic heterocycles. The molecule has 0 saturated carbocycles. The van der Waals surface area contributed by atoms with Crippen molar-refractivity contribution in [2.24, 2.45) is 0 Å². The van der Waals surface area contributed by atoms with Crippen LogP contribution in [0.2, 0.25) is 0 Å². The van der Waals surface area contributed by atoms with E-state index in [2.05, 4.69) is 17.0 Å². The van der Waals surface area contributed by atoms with Crippen molar-refractivity contribution in [2.45, 2.75) is 6.54 Å². The summed E-state index contributed by atoms with van der Waals surface area (Å²) < 4.78 is 17.4. The molecular formula is C28H25NO4. The molecule has 1 heterocycles. The molecule has 1 saturated heterocycles. The maximum atomic E-state index is 13.3. The summed E-state index contributed by atoms with van der Waals surface area (Å²) in [6.07, 6.45) is 0. The summed E-state index contributed by atoms with van der Waals surface area (Å²) in [4.78, 5) is 15.6. The first-order valence-corrected chi connectivity index (χ1v) is 11.1. The number of ether oxygens (including phenoxy) is 3. The van der Waals surface area contributed by atoms with Gasteiger partial charge in [-0.1, -0.05) is 60.7 Å². The summed E-state index contributed by atoms with van der Waals surface area (Å²) >= 11 is 0. The molecule has 0 spiro atoms. The third-order valence-electron chi connectivity index (χ3n) is 5.76. The Morgan fingerprint density at radius 1 is 0.788 bits per heavy atom. The molecule has 1 fully saturated rings. The maximum Gasteiger partial charge on any atom is 0.347 e. The molecule has 0 atom stereocenters. The van der Waals surface area contributed by atoms with Crippen molar-refractivity contribution >= 4 is 16.7 Å². The minimum absolute atomic E-state index is 0.381. The van der Waals surface area contributed by atoms with Crippen LogP contribution in [0.1, 0.15) is 15.9 Å². The normalized spacial score (nSPS) is 14.2. The second-order valence-corrected chi connectivity index (χ2v) is 7.95. The van der Waals surface area contributed by atoms with Crippen LogP contribution in [0.4, 0.5) is 0 Å². The van der Waals surface area contributed by atoms with Gasteiger partial charge in [0.25, 0.3) is 0 Å². The topological polar surface area (TPSA) is 48.0 Å². The molecule has 0 N–H and O–H groups in total. The van der Waals surface area contributed by atoms with Gasteiger partial charge in [-0.25, -0.2) is 4.79 Å². The number of hydrogen-bond acceptors (Lipinski definition) is 5. The fraction of sp³-hybridized carbons (Fsp3) is 0.179. The van der Waals surface area contributed by atoms with Crippen molar-refractivity contribution in [3.63, 3.8) is 0 Å². The molecule has 0 unspecified atom stereocenters. The Balaban J connectivity index is 1.46. The molecule has 0 aliphatic carbocycles. The van der Waals surface area contributed by atoms with Crippen LogP contribution >= 0.6 is 0 Å². The van der Waals surface area contributed by atoms with Crippen LogP contribution in [0.15, 0.2) is 91.0 Å². The zero-order valence-corrected chi connectivity index (χ0v) is 18.3. The summed E-state index contributed by atoms with van der Waals surface area (Å²) in [6.45, 7) is 3.82. The number of carbonyl (C=O) groups is 1.